The molecule has 3 aromatic rings. The molecule has 2 aromatic carbocycles. The van der Waals surface area contributed by atoms with E-state index >= 15 is 0 Å². The second-order valence-electron chi connectivity index (χ2n) is 5.88. The molecular formula is C20H18FN3OS. The Morgan fingerprint density at radius 2 is 1.96 bits per heavy atom. The highest BCUT2D eigenvalue weighted by atomic mass is 32.2. The van der Waals surface area contributed by atoms with Crippen LogP contribution in [0.2, 0.25) is 0 Å². The van der Waals surface area contributed by atoms with Gasteiger partial charge in [-0.25, -0.2) is 14.8 Å². The fourth-order valence-corrected chi connectivity index (χ4v) is 3.26. The standard InChI is InChI=1S/C20H18FN3OS/c1-13-4-3-5-17-14(2)10-19(23-20(13)17)26-12-18(25)24-22-11-15-6-8-16(21)9-7-15/h3-11H,12H2,1-2H3,(H,24,25)/b22-11-. The number of para-hydroxylation sites is 1. The number of aromatic nitrogens is 1. The fraction of sp³-hybridized carbons (Fsp3) is 0.150. The average Bonchev–Trinajstić information content (AvgIpc) is 2.63. The number of thioether (sulfide) groups is 1. The predicted octanol–water partition coefficient (Wildman–Crippen LogP) is 4.23. The van der Waals surface area contributed by atoms with Gasteiger partial charge in [-0.1, -0.05) is 42.1 Å². The molecule has 0 unspecified atom stereocenters. The summed E-state index contributed by atoms with van der Waals surface area (Å²) in [4.78, 5) is 16.6. The Bertz CT molecular complexity index is 971. The van der Waals surface area contributed by atoms with E-state index in [2.05, 4.69) is 21.6 Å². The third-order valence-corrected chi connectivity index (χ3v) is 4.76. The molecular weight excluding hydrogens is 349 g/mol. The Hall–Kier alpha value is -2.73. The highest BCUT2D eigenvalue weighted by Gasteiger charge is 2.07. The SMILES string of the molecule is Cc1cc(SCC(=O)N/N=C\c2ccc(F)cc2)nc2c(C)cccc12. The van der Waals surface area contributed by atoms with E-state index in [9.17, 15) is 9.18 Å². The summed E-state index contributed by atoms with van der Waals surface area (Å²) in [6.07, 6.45) is 1.48. The fourth-order valence-electron chi connectivity index (χ4n) is 2.50. The lowest BCUT2D eigenvalue weighted by Crippen LogP contribution is -2.19. The summed E-state index contributed by atoms with van der Waals surface area (Å²) in [5, 5.41) is 5.82. The van der Waals surface area contributed by atoms with E-state index in [0.717, 1.165) is 27.1 Å². The largest absolute Gasteiger partial charge is 0.272 e. The highest BCUT2D eigenvalue weighted by molar-refractivity contribution is 7.99. The van der Waals surface area contributed by atoms with E-state index < -0.39 is 0 Å². The number of amides is 1. The van der Waals surface area contributed by atoms with Crippen molar-refractivity contribution in [1.29, 1.82) is 0 Å². The molecule has 1 aromatic heterocycles. The molecule has 0 radical (unpaired) electrons. The normalized spacial score (nSPS) is 11.2. The molecule has 0 atom stereocenters. The number of carbonyl (C=O) groups excluding carboxylic acids is 1. The summed E-state index contributed by atoms with van der Waals surface area (Å²) in [6, 6.07) is 13.9. The van der Waals surface area contributed by atoms with E-state index in [4.69, 9.17) is 0 Å². The molecule has 26 heavy (non-hydrogen) atoms. The number of aryl methyl sites for hydroxylation is 2. The third-order valence-electron chi connectivity index (χ3n) is 3.85. The number of hydrazone groups is 1. The summed E-state index contributed by atoms with van der Waals surface area (Å²) in [6.45, 7) is 4.07. The molecule has 132 valence electrons. The number of pyridine rings is 1. The van der Waals surface area contributed by atoms with Gasteiger partial charge in [0, 0.05) is 5.39 Å². The Labute approximate surface area is 155 Å². The number of nitrogens with zero attached hydrogens (tertiary/aromatic N) is 2. The van der Waals surface area contributed by atoms with Crippen LogP contribution < -0.4 is 5.43 Å². The summed E-state index contributed by atoms with van der Waals surface area (Å²) in [7, 11) is 0. The van der Waals surface area contributed by atoms with Gasteiger partial charge in [0.05, 0.1) is 22.5 Å². The van der Waals surface area contributed by atoms with Crippen molar-refractivity contribution >= 4 is 34.8 Å². The first-order valence-corrected chi connectivity index (χ1v) is 9.09. The summed E-state index contributed by atoms with van der Waals surface area (Å²) >= 11 is 1.37. The third kappa shape index (κ3) is 4.46. The molecule has 1 amide bonds. The van der Waals surface area contributed by atoms with Gasteiger partial charge in [0.25, 0.3) is 0 Å². The second kappa shape index (κ2) is 8.10. The van der Waals surface area contributed by atoms with Crippen molar-refractivity contribution in [2.45, 2.75) is 18.9 Å². The maximum atomic E-state index is 12.8. The Kier molecular flexibility index (Phi) is 5.63. The summed E-state index contributed by atoms with van der Waals surface area (Å²) in [5.41, 5.74) is 6.39. The van der Waals surface area contributed by atoms with Gasteiger partial charge in [-0.05, 0) is 48.7 Å². The van der Waals surface area contributed by atoms with Crippen molar-refractivity contribution in [3.05, 3.63) is 71.0 Å². The molecule has 0 fully saturated rings. The van der Waals surface area contributed by atoms with Gasteiger partial charge in [0.1, 0.15) is 5.82 Å². The van der Waals surface area contributed by atoms with Gasteiger partial charge in [-0.2, -0.15) is 5.10 Å². The number of rotatable bonds is 5. The van der Waals surface area contributed by atoms with Crippen LogP contribution in [0.3, 0.4) is 0 Å². The first-order chi connectivity index (χ1) is 12.5. The van der Waals surface area contributed by atoms with Gasteiger partial charge in [0.15, 0.2) is 0 Å². The van der Waals surface area contributed by atoms with Gasteiger partial charge in [-0.3, -0.25) is 4.79 Å². The van der Waals surface area contributed by atoms with Crippen LogP contribution in [0, 0.1) is 19.7 Å². The lowest BCUT2D eigenvalue weighted by atomic mass is 10.1. The number of carbonyl (C=O) groups is 1. The minimum Gasteiger partial charge on any atom is -0.272 e. The predicted molar refractivity (Wildman–Crippen MR) is 104 cm³/mol. The van der Waals surface area contributed by atoms with Crippen LogP contribution in [0.1, 0.15) is 16.7 Å². The number of fused-ring (bicyclic) bond motifs is 1. The van der Waals surface area contributed by atoms with Gasteiger partial charge in [0.2, 0.25) is 5.91 Å². The van der Waals surface area contributed by atoms with Gasteiger partial charge < -0.3 is 0 Å². The second-order valence-corrected chi connectivity index (χ2v) is 6.88. The molecule has 1 heterocycles. The topological polar surface area (TPSA) is 54.4 Å². The zero-order valence-corrected chi connectivity index (χ0v) is 15.3. The Balaban J connectivity index is 1.60. The number of nitrogens with one attached hydrogen (secondary N) is 1. The first-order valence-electron chi connectivity index (χ1n) is 8.10. The molecule has 1 N–H and O–H groups in total. The van der Waals surface area contributed by atoms with Crippen molar-refractivity contribution in [1.82, 2.24) is 10.4 Å². The minimum absolute atomic E-state index is 0.213. The average molecular weight is 367 g/mol. The molecule has 4 nitrogen and oxygen atoms in total. The summed E-state index contributed by atoms with van der Waals surface area (Å²) in [5.74, 6) is -0.321. The minimum atomic E-state index is -0.309. The molecule has 3 rings (SSSR count). The zero-order chi connectivity index (χ0) is 18.5. The maximum Gasteiger partial charge on any atom is 0.250 e. The molecule has 0 spiro atoms. The van der Waals surface area contributed by atoms with Crippen LogP contribution >= 0.6 is 11.8 Å². The zero-order valence-electron chi connectivity index (χ0n) is 14.5. The molecule has 0 bridgehead atoms. The van der Waals surface area contributed by atoms with Crippen molar-refractivity contribution in [2.24, 2.45) is 5.10 Å². The Morgan fingerprint density at radius 3 is 2.73 bits per heavy atom. The number of halogens is 1. The lowest BCUT2D eigenvalue weighted by Gasteiger charge is -2.08. The highest BCUT2D eigenvalue weighted by Crippen LogP contribution is 2.25. The number of benzene rings is 2. The van der Waals surface area contributed by atoms with Crippen LogP contribution in [0.4, 0.5) is 4.39 Å². The lowest BCUT2D eigenvalue weighted by molar-refractivity contribution is -0.118. The first kappa shape index (κ1) is 18.1. The van der Waals surface area contributed by atoms with Crippen molar-refractivity contribution in [2.75, 3.05) is 5.75 Å². The molecule has 6 heteroatoms. The van der Waals surface area contributed by atoms with Gasteiger partial charge >= 0.3 is 0 Å². The van der Waals surface area contributed by atoms with Crippen LogP contribution in [0.5, 0.6) is 0 Å². The van der Waals surface area contributed by atoms with E-state index in [1.54, 1.807) is 12.1 Å². The van der Waals surface area contributed by atoms with Crippen LogP contribution in [0.15, 0.2) is 58.7 Å². The smallest absolute Gasteiger partial charge is 0.250 e. The number of hydrogen-bond donors (Lipinski definition) is 1. The van der Waals surface area contributed by atoms with Crippen molar-refractivity contribution in [3.63, 3.8) is 0 Å². The molecule has 0 saturated heterocycles. The maximum absolute atomic E-state index is 12.8. The van der Waals surface area contributed by atoms with E-state index in [1.807, 2.05) is 32.0 Å². The molecule has 0 saturated carbocycles. The monoisotopic (exact) mass is 367 g/mol. The Morgan fingerprint density at radius 1 is 1.19 bits per heavy atom. The van der Waals surface area contributed by atoms with E-state index in [-0.39, 0.29) is 17.5 Å². The molecule has 0 aliphatic carbocycles. The van der Waals surface area contributed by atoms with E-state index in [0.29, 0.717) is 5.56 Å². The van der Waals surface area contributed by atoms with Crippen LogP contribution in [0.25, 0.3) is 10.9 Å². The van der Waals surface area contributed by atoms with Crippen molar-refractivity contribution < 1.29 is 9.18 Å². The van der Waals surface area contributed by atoms with Gasteiger partial charge in [-0.15, -0.1) is 0 Å². The molecule has 0 aliphatic heterocycles. The quantitative estimate of drug-likeness (QED) is 0.417. The van der Waals surface area contributed by atoms with Crippen molar-refractivity contribution in [3.8, 4) is 0 Å². The summed E-state index contributed by atoms with van der Waals surface area (Å²) < 4.78 is 12.8. The van der Waals surface area contributed by atoms with E-state index in [1.165, 1.54) is 30.1 Å². The van der Waals surface area contributed by atoms with Crippen LogP contribution in [-0.2, 0) is 4.79 Å². The number of hydrogen-bond acceptors (Lipinski definition) is 4. The molecule has 0 aliphatic rings. The van der Waals surface area contributed by atoms with Crippen LogP contribution in [-0.4, -0.2) is 22.9 Å².